The minimum atomic E-state index is -1.02. The van der Waals surface area contributed by atoms with Crippen molar-refractivity contribution in [1.82, 2.24) is 4.90 Å². The van der Waals surface area contributed by atoms with E-state index in [1.54, 1.807) is 29.4 Å². The molecule has 2 heterocycles. The smallest absolute Gasteiger partial charge is 0.291 e. The number of aromatic amines is 1. The van der Waals surface area contributed by atoms with Crippen LogP contribution in [-0.2, 0) is 9.59 Å². The second-order valence-electron chi connectivity index (χ2n) is 7.66. The molecule has 3 rings (SSSR count). The highest BCUT2D eigenvalue weighted by atomic mass is 16.2. The molecule has 2 aromatic rings. The summed E-state index contributed by atoms with van der Waals surface area (Å²) < 4.78 is 0. The van der Waals surface area contributed by atoms with E-state index in [2.05, 4.69) is 4.98 Å². The standard InChI is InChI=1S/C22H25N3O3/c1-15-7-9-16(10-8-15)20(26)18-19(17-6-4-11-23-14-17)25(22(28)21(18)27)13-5-12-24(2)3/h4,6-11,14,18-19H,5,12-13H2,1-3H3/p+2. The number of ketones is 2. The van der Waals surface area contributed by atoms with Crippen LogP contribution in [0.25, 0.3) is 0 Å². The average molecular weight is 381 g/mol. The van der Waals surface area contributed by atoms with Crippen molar-refractivity contribution in [1.29, 1.82) is 0 Å². The summed E-state index contributed by atoms with van der Waals surface area (Å²) in [6, 6.07) is 10.2. The van der Waals surface area contributed by atoms with E-state index >= 15 is 0 Å². The maximum Gasteiger partial charge on any atom is 0.291 e. The van der Waals surface area contributed by atoms with Gasteiger partial charge in [0.25, 0.3) is 5.91 Å². The average Bonchev–Trinajstić information content (AvgIpc) is 2.93. The molecule has 1 aliphatic heterocycles. The van der Waals surface area contributed by atoms with E-state index in [9.17, 15) is 14.4 Å². The number of hydrogen-bond donors (Lipinski definition) is 1. The summed E-state index contributed by atoms with van der Waals surface area (Å²) in [6.45, 7) is 3.27. The number of amides is 1. The quantitative estimate of drug-likeness (QED) is 0.426. The van der Waals surface area contributed by atoms with Gasteiger partial charge in [-0.15, -0.1) is 0 Å². The molecular formula is C22H27N3O3+2. The van der Waals surface area contributed by atoms with Crippen LogP contribution in [-0.4, -0.2) is 49.6 Å². The van der Waals surface area contributed by atoms with E-state index in [1.165, 1.54) is 4.90 Å². The van der Waals surface area contributed by atoms with Crippen LogP contribution in [0.2, 0.25) is 0 Å². The zero-order chi connectivity index (χ0) is 20.3. The minimum Gasteiger partial charge on any atom is -0.340 e. The summed E-state index contributed by atoms with van der Waals surface area (Å²) >= 11 is 0. The van der Waals surface area contributed by atoms with Gasteiger partial charge in [0.2, 0.25) is 5.78 Å². The first-order valence-electron chi connectivity index (χ1n) is 9.61. The Morgan fingerprint density at radius 3 is 2.46 bits per heavy atom. The Morgan fingerprint density at radius 2 is 1.86 bits per heavy atom. The number of H-pyrrole nitrogens is 1. The van der Waals surface area contributed by atoms with Gasteiger partial charge in [-0.25, -0.2) is 4.98 Å². The van der Waals surface area contributed by atoms with Crippen molar-refractivity contribution < 1.29 is 24.3 Å². The predicted molar refractivity (Wildman–Crippen MR) is 104 cm³/mol. The lowest BCUT2D eigenvalue weighted by Gasteiger charge is -2.26. The van der Waals surface area contributed by atoms with Crippen LogP contribution < -0.4 is 9.88 Å². The number of rotatable bonds is 7. The molecule has 0 saturated carbocycles. The maximum atomic E-state index is 13.2. The van der Waals surface area contributed by atoms with Crippen molar-refractivity contribution in [3.63, 3.8) is 0 Å². The second kappa shape index (κ2) is 8.44. The molecule has 146 valence electrons. The highest BCUT2D eigenvalue weighted by Crippen LogP contribution is 2.37. The number of aryl methyl sites for hydroxylation is 1. The lowest BCUT2D eigenvalue weighted by molar-refractivity contribution is -0.858. The van der Waals surface area contributed by atoms with Crippen molar-refractivity contribution >= 4 is 17.5 Å². The predicted octanol–water partition coefficient (Wildman–Crippen LogP) is 0.295. The molecule has 1 fully saturated rings. The molecule has 0 radical (unpaired) electrons. The second-order valence-corrected chi connectivity index (χ2v) is 7.66. The van der Waals surface area contributed by atoms with Gasteiger partial charge in [-0.3, -0.25) is 14.4 Å². The molecule has 0 spiro atoms. The van der Waals surface area contributed by atoms with E-state index < -0.39 is 23.7 Å². The highest BCUT2D eigenvalue weighted by Gasteiger charge is 2.51. The largest absolute Gasteiger partial charge is 0.340 e. The number of pyridine rings is 1. The fourth-order valence-corrected chi connectivity index (χ4v) is 3.69. The first-order valence-corrected chi connectivity index (χ1v) is 9.61. The van der Waals surface area contributed by atoms with E-state index in [1.807, 2.05) is 45.3 Å². The molecule has 2 N–H and O–H groups in total. The van der Waals surface area contributed by atoms with Gasteiger partial charge in [-0.2, -0.15) is 0 Å². The van der Waals surface area contributed by atoms with Crippen LogP contribution in [0.15, 0.2) is 48.8 Å². The summed E-state index contributed by atoms with van der Waals surface area (Å²) in [6.07, 6.45) is 4.29. The zero-order valence-electron chi connectivity index (χ0n) is 16.6. The summed E-state index contributed by atoms with van der Waals surface area (Å²) in [5, 5.41) is 0. The van der Waals surface area contributed by atoms with Crippen LogP contribution in [0, 0.1) is 12.8 Å². The molecule has 2 atom stereocenters. The number of likely N-dealkylation sites (tertiary alicyclic amines) is 1. The Hall–Kier alpha value is -2.86. The number of benzene rings is 1. The van der Waals surface area contributed by atoms with Crippen molar-refractivity contribution in [2.24, 2.45) is 5.92 Å². The monoisotopic (exact) mass is 381 g/mol. The number of carbonyl (C=O) groups excluding carboxylic acids is 3. The van der Waals surface area contributed by atoms with Gasteiger partial charge in [0.1, 0.15) is 5.92 Å². The number of nitrogens with zero attached hydrogens (tertiary/aromatic N) is 1. The van der Waals surface area contributed by atoms with Gasteiger partial charge in [0.15, 0.2) is 18.2 Å². The third kappa shape index (κ3) is 4.02. The number of aromatic nitrogens is 1. The Balaban J connectivity index is 1.96. The van der Waals surface area contributed by atoms with Gasteiger partial charge >= 0.3 is 0 Å². The molecule has 6 nitrogen and oxygen atoms in total. The summed E-state index contributed by atoms with van der Waals surface area (Å²) in [5.74, 6) is -2.49. The van der Waals surface area contributed by atoms with Gasteiger partial charge < -0.3 is 9.80 Å². The fourth-order valence-electron chi connectivity index (χ4n) is 3.69. The molecule has 1 aromatic carbocycles. The molecular weight excluding hydrogens is 354 g/mol. The third-order valence-corrected chi connectivity index (χ3v) is 5.17. The van der Waals surface area contributed by atoms with Crippen molar-refractivity contribution in [2.75, 3.05) is 27.2 Å². The normalized spacial score (nSPS) is 19.5. The lowest BCUT2D eigenvalue weighted by atomic mass is 9.86. The molecule has 2 unspecified atom stereocenters. The van der Waals surface area contributed by atoms with E-state index in [0.717, 1.165) is 24.1 Å². The van der Waals surface area contributed by atoms with E-state index in [0.29, 0.717) is 12.1 Å². The molecule has 6 heteroatoms. The Labute approximate surface area is 165 Å². The van der Waals surface area contributed by atoms with Crippen LogP contribution in [0.4, 0.5) is 0 Å². The Bertz CT molecular complexity index is 862. The zero-order valence-corrected chi connectivity index (χ0v) is 16.6. The van der Waals surface area contributed by atoms with Crippen LogP contribution >= 0.6 is 0 Å². The van der Waals surface area contributed by atoms with Gasteiger partial charge in [-0.1, -0.05) is 29.8 Å². The van der Waals surface area contributed by atoms with Crippen LogP contribution in [0.5, 0.6) is 0 Å². The number of carbonyl (C=O) groups is 3. The third-order valence-electron chi connectivity index (χ3n) is 5.17. The van der Waals surface area contributed by atoms with Crippen molar-refractivity contribution in [2.45, 2.75) is 19.4 Å². The minimum absolute atomic E-state index is 0.298. The summed E-state index contributed by atoms with van der Waals surface area (Å²) in [5.41, 5.74) is 2.26. The number of nitrogens with one attached hydrogen (secondary N) is 2. The van der Waals surface area contributed by atoms with Gasteiger partial charge in [0, 0.05) is 30.2 Å². The molecule has 1 aromatic heterocycles. The van der Waals surface area contributed by atoms with E-state index in [-0.39, 0.29) is 5.78 Å². The van der Waals surface area contributed by atoms with Crippen LogP contribution in [0.1, 0.15) is 33.9 Å². The number of quaternary nitrogens is 1. The van der Waals surface area contributed by atoms with Crippen molar-refractivity contribution in [3.05, 3.63) is 65.5 Å². The fraction of sp³-hybridized carbons (Fsp3) is 0.364. The lowest BCUT2D eigenvalue weighted by Crippen LogP contribution is -3.05. The Morgan fingerprint density at radius 1 is 1.14 bits per heavy atom. The first kappa shape index (κ1) is 19.9. The SMILES string of the molecule is Cc1ccc(C(=O)C2C(=O)C(=O)N(CCC[NH+](C)C)C2c2ccc[nH+]c2)cc1. The number of Topliss-reactive ketones (excluding diaryl/α,β-unsaturated/α-hetero) is 2. The molecule has 0 aliphatic carbocycles. The highest BCUT2D eigenvalue weighted by molar-refractivity contribution is 6.44. The molecule has 1 saturated heterocycles. The first-order chi connectivity index (χ1) is 13.4. The van der Waals surface area contributed by atoms with Crippen LogP contribution in [0.3, 0.4) is 0 Å². The molecule has 1 amide bonds. The maximum absolute atomic E-state index is 13.2. The molecule has 1 aliphatic rings. The topological polar surface area (TPSA) is 73.0 Å². The number of hydrogen-bond acceptors (Lipinski definition) is 3. The van der Waals surface area contributed by atoms with Crippen molar-refractivity contribution in [3.8, 4) is 0 Å². The molecule has 28 heavy (non-hydrogen) atoms. The summed E-state index contributed by atoms with van der Waals surface area (Å²) in [7, 11) is 4.09. The Kier molecular flexibility index (Phi) is 5.99. The van der Waals surface area contributed by atoms with E-state index in [4.69, 9.17) is 0 Å². The van der Waals surface area contributed by atoms with Gasteiger partial charge in [0.05, 0.1) is 26.7 Å². The van der Waals surface area contributed by atoms with Gasteiger partial charge in [-0.05, 0) is 13.0 Å². The summed E-state index contributed by atoms with van der Waals surface area (Å²) in [4.78, 5) is 44.7. The molecule has 0 bridgehead atoms.